The van der Waals surface area contributed by atoms with Crippen LogP contribution in [0.15, 0.2) is 29.3 Å². The van der Waals surface area contributed by atoms with Gasteiger partial charge in [-0.2, -0.15) is 13.2 Å². The summed E-state index contributed by atoms with van der Waals surface area (Å²) in [5, 5.41) is 7.02. The molecule has 0 unspecified atom stereocenters. The van der Waals surface area contributed by atoms with Gasteiger partial charge < -0.3 is 4.74 Å². The lowest BCUT2D eigenvalue weighted by Crippen LogP contribution is -2.12. The van der Waals surface area contributed by atoms with Crippen LogP contribution in [-0.4, -0.2) is 38.4 Å². The summed E-state index contributed by atoms with van der Waals surface area (Å²) in [6, 6.07) is 6.35. The van der Waals surface area contributed by atoms with Crippen molar-refractivity contribution in [3.8, 4) is 0 Å². The van der Waals surface area contributed by atoms with Crippen LogP contribution in [0.25, 0.3) is 16.7 Å². The molecule has 0 saturated carbocycles. The van der Waals surface area contributed by atoms with Gasteiger partial charge in [0.05, 0.1) is 23.9 Å². The second-order valence-electron chi connectivity index (χ2n) is 4.45. The van der Waals surface area contributed by atoms with E-state index in [1.165, 1.54) is 13.2 Å². The molecule has 0 aliphatic rings. The maximum absolute atomic E-state index is 13.2. The lowest BCUT2D eigenvalue weighted by Gasteiger charge is -2.09. The minimum Gasteiger partial charge on any atom is -0.468 e. The molecule has 0 atom stereocenters. The van der Waals surface area contributed by atoms with Gasteiger partial charge in [0.15, 0.2) is 5.65 Å². The van der Waals surface area contributed by atoms with E-state index in [4.69, 9.17) is 0 Å². The van der Waals surface area contributed by atoms with Gasteiger partial charge in [-0.15, -0.1) is 10.2 Å². The number of nitrogens with zero attached hydrogens (tertiary/aromatic N) is 4. The van der Waals surface area contributed by atoms with E-state index in [1.54, 1.807) is 18.2 Å². The van der Waals surface area contributed by atoms with Crippen LogP contribution in [0.2, 0.25) is 0 Å². The third-order valence-corrected chi connectivity index (χ3v) is 3.93. The van der Waals surface area contributed by atoms with Crippen molar-refractivity contribution in [3.63, 3.8) is 0 Å². The summed E-state index contributed by atoms with van der Waals surface area (Å²) in [6.07, 6.45) is -4.66. The van der Waals surface area contributed by atoms with Crippen LogP contribution in [0, 0.1) is 0 Å². The molecule has 0 fully saturated rings. The number of methoxy groups -OCH3 is 1. The lowest BCUT2D eigenvalue weighted by atomic mass is 10.3. The Kier molecular flexibility index (Phi) is 3.84. The number of halogens is 3. The Bertz CT molecular complexity index is 894. The molecule has 2 heterocycles. The van der Waals surface area contributed by atoms with Crippen molar-refractivity contribution < 1.29 is 22.7 Å². The van der Waals surface area contributed by atoms with Crippen LogP contribution in [0.3, 0.4) is 0 Å². The molecular formula is C13H9F3N4O2S. The highest BCUT2D eigenvalue weighted by molar-refractivity contribution is 8.00. The highest BCUT2D eigenvalue weighted by Crippen LogP contribution is 2.32. The fourth-order valence-electron chi connectivity index (χ4n) is 2.02. The number of para-hydroxylation sites is 2. The van der Waals surface area contributed by atoms with E-state index in [9.17, 15) is 18.0 Å². The second kappa shape index (κ2) is 5.69. The Morgan fingerprint density at radius 3 is 2.74 bits per heavy atom. The van der Waals surface area contributed by atoms with Crippen molar-refractivity contribution in [2.75, 3.05) is 12.9 Å². The molecule has 0 radical (unpaired) electrons. The SMILES string of the molecule is COC(=O)CSc1nc2ccccc2n2c(C(F)(F)F)nnc12. The first kappa shape index (κ1) is 15.5. The topological polar surface area (TPSA) is 69.4 Å². The van der Waals surface area contributed by atoms with E-state index < -0.39 is 18.0 Å². The molecule has 0 bridgehead atoms. The first-order chi connectivity index (χ1) is 10.9. The first-order valence-electron chi connectivity index (χ1n) is 6.32. The molecule has 0 aliphatic heterocycles. The minimum absolute atomic E-state index is 0.0510. The molecule has 3 aromatic rings. The maximum atomic E-state index is 13.2. The largest absolute Gasteiger partial charge is 0.468 e. The van der Waals surface area contributed by atoms with Gasteiger partial charge in [-0.25, -0.2) is 4.98 Å². The van der Waals surface area contributed by atoms with Crippen molar-refractivity contribution in [1.82, 2.24) is 19.6 Å². The predicted octanol–water partition coefficient (Wildman–Crippen LogP) is 2.56. The highest BCUT2D eigenvalue weighted by Gasteiger charge is 2.38. The van der Waals surface area contributed by atoms with Crippen molar-refractivity contribution in [1.29, 1.82) is 0 Å². The molecule has 0 amide bonds. The first-order valence-corrected chi connectivity index (χ1v) is 7.31. The Hall–Kier alpha value is -2.36. The van der Waals surface area contributed by atoms with Crippen molar-refractivity contribution >= 4 is 34.4 Å². The average molecular weight is 342 g/mol. The number of ether oxygens (including phenoxy) is 1. The maximum Gasteiger partial charge on any atom is 0.452 e. The smallest absolute Gasteiger partial charge is 0.452 e. The van der Waals surface area contributed by atoms with Gasteiger partial charge in [-0.1, -0.05) is 23.9 Å². The van der Waals surface area contributed by atoms with Gasteiger partial charge in [0, 0.05) is 0 Å². The number of hydrogen-bond acceptors (Lipinski definition) is 6. The van der Waals surface area contributed by atoms with Crippen LogP contribution in [0.1, 0.15) is 5.82 Å². The van der Waals surface area contributed by atoms with E-state index in [2.05, 4.69) is 19.9 Å². The summed E-state index contributed by atoms with van der Waals surface area (Å²) in [7, 11) is 1.23. The standard InChI is InChI=1S/C13H9F3N4O2S/c1-22-9(21)6-23-11-10-18-19-12(13(14,15)16)20(10)8-5-3-2-4-7(8)17-11/h2-5H,6H2,1H3. The Morgan fingerprint density at radius 2 is 2.04 bits per heavy atom. The summed E-state index contributed by atoms with van der Waals surface area (Å²) in [5.74, 6) is -1.74. The van der Waals surface area contributed by atoms with Gasteiger partial charge >= 0.3 is 12.1 Å². The van der Waals surface area contributed by atoms with Gasteiger partial charge in [0.2, 0.25) is 5.82 Å². The number of hydrogen-bond donors (Lipinski definition) is 0. The van der Waals surface area contributed by atoms with Crippen molar-refractivity contribution in [3.05, 3.63) is 30.1 Å². The Morgan fingerprint density at radius 1 is 1.30 bits per heavy atom. The summed E-state index contributed by atoms with van der Waals surface area (Å²) >= 11 is 0.945. The molecule has 1 aromatic carbocycles. The highest BCUT2D eigenvalue weighted by atomic mass is 32.2. The number of esters is 1. The molecule has 120 valence electrons. The summed E-state index contributed by atoms with van der Waals surface area (Å²) in [6.45, 7) is 0. The zero-order valence-electron chi connectivity index (χ0n) is 11.7. The second-order valence-corrected chi connectivity index (χ2v) is 5.41. The number of thioether (sulfide) groups is 1. The van der Waals surface area contributed by atoms with E-state index in [0.717, 1.165) is 16.2 Å². The van der Waals surface area contributed by atoms with Crippen molar-refractivity contribution in [2.24, 2.45) is 0 Å². The summed E-state index contributed by atoms with van der Waals surface area (Å²) in [4.78, 5) is 15.5. The third-order valence-electron chi connectivity index (χ3n) is 3.01. The number of carbonyl (C=O) groups is 1. The molecule has 2 aromatic heterocycles. The van der Waals surface area contributed by atoms with Crippen LogP contribution >= 0.6 is 11.8 Å². The summed E-state index contributed by atoms with van der Waals surface area (Å²) in [5.41, 5.74) is 0.532. The van der Waals surface area contributed by atoms with Crippen LogP contribution in [0.5, 0.6) is 0 Å². The molecule has 6 nitrogen and oxygen atoms in total. The van der Waals surface area contributed by atoms with Crippen LogP contribution in [-0.2, 0) is 15.7 Å². The molecule has 0 aliphatic carbocycles. The normalized spacial score (nSPS) is 12.0. The van der Waals surface area contributed by atoms with Gasteiger partial charge in [0.1, 0.15) is 5.03 Å². The summed E-state index contributed by atoms with van der Waals surface area (Å²) < 4.78 is 44.9. The fourth-order valence-corrected chi connectivity index (χ4v) is 2.82. The Labute approximate surface area is 131 Å². The number of benzene rings is 1. The molecule has 0 N–H and O–H groups in total. The monoisotopic (exact) mass is 342 g/mol. The van der Waals surface area contributed by atoms with E-state index >= 15 is 0 Å². The van der Waals surface area contributed by atoms with E-state index in [-0.39, 0.29) is 21.9 Å². The molecule has 0 spiro atoms. The number of carbonyl (C=O) groups excluding carboxylic acids is 1. The third kappa shape index (κ3) is 2.81. The number of alkyl halides is 3. The zero-order chi connectivity index (χ0) is 16.6. The predicted molar refractivity (Wildman–Crippen MR) is 76.0 cm³/mol. The van der Waals surface area contributed by atoms with Gasteiger partial charge in [-0.3, -0.25) is 9.20 Å². The number of fused-ring (bicyclic) bond motifs is 3. The van der Waals surface area contributed by atoms with Crippen LogP contribution < -0.4 is 0 Å². The average Bonchev–Trinajstić information content (AvgIpc) is 2.97. The molecule has 0 saturated heterocycles. The van der Waals surface area contributed by atoms with E-state index in [1.807, 2.05) is 0 Å². The molecule has 23 heavy (non-hydrogen) atoms. The number of aromatic nitrogens is 4. The number of rotatable bonds is 3. The van der Waals surface area contributed by atoms with Gasteiger partial charge in [-0.05, 0) is 12.1 Å². The molecule has 10 heteroatoms. The van der Waals surface area contributed by atoms with Crippen molar-refractivity contribution in [2.45, 2.75) is 11.2 Å². The van der Waals surface area contributed by atoms with Gasteiger partial charge in [0.25, 0.3) is 0 Å². The van der Waals surface area contributed by atoms with E-state index in [0.29, 0.717) is 5.52 Å². The quantitative estimate of drug-likeness (QED) is 0.538. The van der Waals surface area contributed by atoms with Crippen LogP contribution in [0.4, 0.5) is 13.2 Å². The lowest BCUT2D eigenvalue weighted by molar-refractivity contribution is -0.145. The Balaban J connectivity index is 2.24. The molecule has 3 rings (SSSR count). The minimum atomic E-state index is -4.66. The zero-order valence-corrected chi connectivity index (χ0v) is 12.5. The fraction of sp³-hybridized carbons (Fsp3) is 0.231. The molecular weight excluding hydrogens is 333 g/mol.